The summed E-state index contributed by atoms with van der Waals surface area (Å²) in [6.07, 6.45) is 6.17. The van der Waals surface area contributed by atoms with Crippen LogP contribution in [0.3, 0.4) is 0 Å². The highest BCUT2D eigenvalue weighted by molar-refractivity contribution is 5.26. The van der Waals surface area contributed by atoms with Crippen LogP contribution >= 0.6 is 0 Å². The van der Waals surface area contributed by atoms with Crippen LogP contribution in [0.5, 0.6) is 0 Å². The Labute approximate surface area is 110 Å². The van der Waals surface area contributed by atoms with E-state index in [1.54, 1.807) is 6.07 Å². The molecule has 0 spiro atoms. The Balaban J connectivity index is 2.12. The first kappa shape index (κ1) is 13.5. The summed E-state index contributed by atoms with van der Waals surface area (Å²) in [5.74, 6) is 0.461. The normalized spacial score (nSPS) is 24.8. The third kappa shape index (κ3) is 3.32. The van der Waals surface area contributed by atoms with Gasteiger partial charge in [-0.25, -0.2) is 4.39 Å². The van der Waals surface area contributed by atoms with Gasteiger partial charge in [0.1, 0.15) is 5.82 Å². The Hall–Kier alpha value is -0.890. The zero-order valence-electron chi connectivity index (χ0n) is 11.5. The average molecular weight is 249 g/mol. The largest absolute Gasteiger partial charge is 0.314 e. The first-order chi connectivity index (χ1) is 8.70. The Bertz CT molecular complexity index is 389. The number of rotatable bonds is 3. The predicted molar refractivity (Wildman–Crippen MR) is 74.4 cm³/mol. The summed E-state index contributed by atoms with van der Waals surface area (Å²) in [4.78, 5) is 0. The fourth-order valence-electron chi connectivity index (χ4n) is 3.00. The smallest absolute Gasteiger partial charge is 0.126 e. The molecular weight excluding hydrogens is 225 g/mol. The molecule has 0 aromatic heterocycles. The van der Waals surface area contributed by atoms with E-state index in [4.69, 9.17) is 0 Å². The number of hydrogen-bond donors (Lipinski definition) is 1. The number of benzene rings is 1. The molecule has 1 aliphatic rings. The molecular formula is C16H24FN. The minimum Gasteiger partial charge on any atom is -0.314 e. The molecule has 18 heavy (non-hydrogen) atoms. The third-order valence-corrected chi connectivity index (χ3v) is 4.08. The molecule has 0 bridgehead atoms. The van der Waals surface area contributed by atoms with Gasteiger partial charge in [0.15, 0.2) is 0 Å². The van der Waals surface area contributed by atoms with Gasteiger partial charge < -0.3 is 5.32 Å². The fraction of sp³-hybridized carbons (Fsp3) is 0.625. The molecule has 0 aliphatic heterocycles. The second-order valence-corrected chi connectivity index (χ2v) is 5.48. The summed E-state index contributed by atoms with van der Waals surface area (Å²) in [5.41, 5.74) is 1.93. The van der Waals surface area contributed by atoms with Crippen molar-refractivity contribution in [1.29, 1.82) is 0 Å². The molecule has 1 fully saturated rings. The highest BCUT2D eigenvalue weighted by Gasteiger charge is 2.21. The van der Waals surface area contributed by atoms with E-state index in [0.717, 1.165) is 18.5 Å². The standard InChI is InChI=1S/C16H24FN/c1-3-18-15-7-5-4-6-13(10-15)14-9-8-12(2)16(17)11-14/h8-9,11,13,15,18H,3-7,10H2,1-2H3. The molecule has 2 heteroatoms. The SMILES string of the molecule is CCNC1CCCCC(c2ccc(C)c(F)c2)C1. The van der Waals surface area contributed by atoms with Crippen LogP contribution < -0.4 is 5.32 Å². The summed E-state index contributed by atoms with van der Waals surface area (Å²) in [7, 11) is 0. The van der Waals surface area contributed by atoms with Crippen molar-refractivity contribution in [2.75, 3.05) is 6.54 Å². The Morgan fingerprint density at radius 1 is 1.28 bits per heavy atom. The van der Waals surface area contributed by atoms with Crippen molar-refractivity contribution in [3.63, 3.8) is 0 Å². The first-order valence-corrected chi connectivity index (χ1v) is 7.20. The molecule has 2 rings (SSSR count). The molecule has 0 radical (unpaired) electrons. The lowest BCUT2D eigenvalue weighted by Crippen LogP contribution is -2.29. The molecule has 2 atom stereocenters. The van der Waals surface area contributed by atoms with Gasteiger partial charge in [0.05, 0.1) is 0 Å². The molecule has 1 aliphatic carbocycles. The molecule has 1 aromatic rings. The van der Waals surface area contributed by atoms with Crippen molar-refractivity contribution >= 4 is 0 Å². The van der Waals surface area contributed by atoms with Crippen molar-refractivity contribution in [2.24, 2.45) is 0 Å². The van der Waals surface area contributed by atoms with Gasteiger partial charge >= 0.3 is 0 Å². The van der Waals surface area contributed by atoms with E-state index >= 15 is 0 Å². The van der Waals surface area contributed by atoms with Crippen LogP contribution in [0.1, 0.15) is 56.1 Å². The van der Waals surface area contributed by atoms with E-state index in [9.17, 15) is 4.39 Å². The van der Waals surface area contributed by atoms with E-state index in [1.807, 2.05) is 13.0 Å². The monoisotopic (exact) mass is 249 g/mol. The Morgan fingerprint density at radius 3 is 2.78 bits per heavy atom. The minimum absolute atomic E-state index is 0.0586. The highest BCUT2D eigenvalue weighted by Crippen LogP contribution is 2.32. The summed E-state index contributed by atoms with van der Waals surface area (Å²) in [6.45, 7) is 5.01. The summed E-state index contributed by atoms with van der Waals surface area (Å²) in [6, 6.07) is 6.37. The minimum atomic E-state index is -0.0586. The van der Waals surface area contributed by atoms with Crippen LogP contribution in [0, 0.1) is 12.7 Å². The predicted octanol–water partition coefficient (Wildman–Crippen LogP) is 4.16. The van der Waals surface area contributed by atoms with E-state index < -0.39 is 0 Å². The van der Waals surface area contributed by atoms with Crippen molar-refractivity contribution < 1.29 is 4.39 Å². The lowest BCUT2D eigenvalue weighted by molar-refractivity contribution is 0.448. The third-order valence-electron chi connectivity index (χ3n) is 4.08. The quantitative estimate of drug-likeness (QED) is 0.793. The molecule has 0 saturated heterocycles. The van der Waals surface area contributed by atoms with Crippen molar-refractivity contribution in [3.8, 4) is 0 Å². The lowest BCUT2D eigenvalue weighted by atomic mass is 9.89. The van der Waals surface area contributed by atoms with Gasteiger partial charge in [-0.2, -0.15) is 0 Å². The summed E-state index contributed by atoms with van der Waals surface area (Å²) in [5, 5.41) is 3.56. The maximum Gasteiger partial charge on any atom is 0.126 e. The van der Waals surface area contributed by atoms with Gasteiger partial charge in [0.2, 0.25) is 0 Å². The molecule has 100 valence electrons. The van der Waals surface area contributed by atoms with Crippen molar-refractivity contribution in [3.05, 3.63) is 35.1 Å². The van der Waals surface area contributed by atoms with Gasteiger partial charge in [-0.1, -0.05) is 31.9 Å². The second kappa shape index (κ2) is 6.33. The van der Waals surface area contributed by atoms with Crippen LogP contribution in [-0.2, 0) is 0 Å². The number of hydrogen-bond acceptors (Lipinski definition) is 1. The second-order valence-electron chi connectivity index (χ2n) is 5.48. The molecule has 0 amide bonds. The van der Waals surface area contributed by atoms with Gasteiger partial charge in [-0.15, -0.1) is 0 Å². The first-order valence-electron chi connectivity index (χ1n) is 7.20. The van der Waals surface area contributed by atoms with E-state index in [0.29, 0.717) is 12.0 Å². The molecule has 1 aromatic carbocycles. The molecule has 0 heterocycles. The zero-order chi connectivity index (χ0) is 13.0. The molecule has 1 nitrogen and oxygen atoms in total. The van der Waals surface area contributed by atoms with Gasteiger partial charge in [-0.05, 0) is 55.8 Å². The molecule has 2 unspecified atom stereocenters. The summed E-state index contributed by atoms with van der Waals surface area (Å²) >= 11 is 0. The number of halogens is 1. The van der Waals surface area contributed by atoms with Crippen LogP contribution in [0.2, 0.25) is 0 Å². The zero-order valence-corrected chi connectivity index (χ0v) is 11.5. The van der Waals surface area contributed by atoms with Crippen molar-refractivity contribution in [2.45, 2.75) is 57.9 Å². The van der Waals surface area contributed by atoms with Crippen LogP contribution in [-0.4, -0.2) is 12.6 Å². The Morgan fingerprint density at radius 2 is 2.06 bits per heavy atom. The van der Waals surface area contributed by atoms with E-state index in [1.165, 1.54) is 31.2 Å². The highest BCUT2D eigenvalue weighted by atomic mass is 19.1. The average Bonchev–Trinajstić information content (AvgIpc) is 2.59. The van der Waals surface area contributed by atoms with E-state index in [2.05, 4.69) is 18.3 Å². The maximum absolute atomic E-state index is 13.7. The lowest BCUT2D eigenvalue weighted by Gasteiger charge is -2.21. The van der Waals surface area contributed by atoms with Gasteiger partial charge in [0, 0.05) is 6.04 Å². The van der Waals surface area contributed by atoms with Gasteiger partial charge in [-0.3, -0.25) is 0 Å². The molecule has 1 N–H and O–H groups in total. The molecule has 1 saturated carbocycles. The maximum atomic E-state index is 13.7. The van der Waals surface area contributed by atoms with Crippen LogP contribution in [0.4, 0.5) is 4.39 Å². The summed E-state index contributed by atoms with van der Waals surface area (Å²) < 4.78 is 13.7. The van der Waals surface area contributed by atoms with Crippen LogP contribution in [0.25, 0.3) is 0 Å². The van der Waals surface area contributed by atoms with Gasteiger partial charge in [0.25, 0.3) is 0 Å². The van der Waals surface area contributed by atoms with Crippen LogP contribution in [0.15, 0.2) is 18.2 Å². The topological polar surface area (TPSA) is 12.0 Å². The fourth-order valence-corrected chi connectivity index (χ4v) is 3.00. The van der Waals surface area contributed by atoms with Crippen molar-refractivity contribution in [1.82, 2.24) is 5.32 Å². The van der Waals surface area contributed by atoms with E-state index in [-0.39, 0.29) is 5.82 Å². The number of nitrogens with one attached hydrogen (secondary N) is 1. The Kier molecular flexibility index (Phi) is 4.76. The number of aryl methyl sites for hydroxylation is 1.